The third-order valence-electron chi connectivity index (χ3n) is 3.94. The van der Waals surface area contributed by atoms with Crippen LogP contribution in [-0.4, -0.2) is 10.5 Å². The zero-order valence-corrected chi connectivity index (χ0v) is 15.0. The van der Waals surface area contributed by atoms with Gasteiger partial charge in [-0.05, 0) is 36.8 Å². The van der Waals surface area contributed by atoms with Gasteiger partial charge in [-0.15, -0.1) is 0 Å². The maximum Gasteiger partial charge on any atom is 0.419 e. The first-order valence-electron chi connectivity index (χ1n) is 7.78. The molecule has 0 aliphatic heterocycles. The van der Waals surface area contributed by atoms with Crippen LogP contribution in [-0.2, 0) is 11.3 Å². The Labute approximate surface area is 154 Å². The van der Waals surface area contributed by atoms with Gasteiger partial charge in [0.1, 0.15) is 0 Å². The molecule has 0 aliphatic carbocycles. The van der Waals surface area contributed by atoms with Crippen LogP contribution in [0.1, 0.15) is 24.9 Å². The maximum absolute atomic E-state index is 12.2. The quantitative estimate of drug-likeness (QED) is 0.724. The largest absolute Gasteiger partial charge is 0.419 e. The molecule has 1 atom stereocenters. The topological polar surface area (TPSA) is 64.2 Å². The van der Waals surface area contributed by atoms with Crippen molar-refractivity contribution in [1.29, 1.82) is 0 Å². The number of benzene rings is 2. The number of hydrogen-bond acceptors (Lipinski definition) is 3. The molecule has 0 fully saturated rings. The summed E-state index contributed by atoms with van der Waals surface area (Å²) in [6.45, 7) is 2.08. The molecule has 3 rings (SSSR count). The highest BCUT2D eigenvalue weighted by Crippen LogP contribution is 2.26. The molecular formula is C18H16Cl2N2O3. The number of rotatable bonds is 5. The predicted octanol–water partition coefficient (Wildman–Crippen LogP) is 4.17. The van der Waals surface area contributed by atoms with Crippen LogP contribution < -0.4 is 11.1 Å². The van der Waals surface area contributed by atoms with E-state index in [1.807, 2.05) is 13.0 Å². The first-order valence-corrected chi connectivity index (χ1v) is 8.54. The van der Waals surface area contributed by atoms with E-state index < -0.39 is 5.76 Å². The number of hydrogen-bond donors (Lipinski definition) is 1. The van der Waals surface area contributed by atoms with Gasteiger partial charge >= 0.3 is 5.76 Å². The predicted molar refractivity (Wildman–Crippen MR) is 98.1 cm³/mol. The standard InChI is InChI=1S/C18H16Cl2N2O3/c1-11(13-7-6-12(19)10-14(13)20)21-17(23)8-9-22-15-4-2-3-5-16(15)25-18(22)24/h2-7,10-11H,8-9H2,1H3,(H,21,23). The van der Waals surface area contributed by atoms with E-state index in [1.165, 1.54) is 4.57 Å². The van der Waals surface area contributed by atoms with Crippen molar-refractivity contribution in [3.05, 3.63) is 68.6 Å². The molecule has 1 unspecified atom stereocenters. The highest BCUT2D eigenvalue weighted by molar-refractivity contribution is 6.35. The summed E-state index contributed by atoms with van der Waals surface area (Å²) < 4.78 is 6.61. The van der Waals surface area contributed by atoms with Crippen molar-refractivity contribution in [3.63, 3.8) is 0 Å². The Hall–Kier alpha value is -2.24. The molecule has 25 heavy (non-hydrogen) atoms. The number of oxazole rings is 1. The van der Waals surface area contributed by atoms with Gasteiger partial charge in [-0.3, -0.25) is 9.36 Å². The van der Waals surface area contributed by atoms with Crippen molar-refractivity contribution in [1.82, 2.24) is 9.88 Å². The fraction of sp³-hybridized carbons (Fsp3) is 0.222. The van der Waals surface area contributed by atoms with E-state index in [4.69, 9.17) is 27.6 Å². The van der Waals surface area contributed by atoms with Crippen molar-refractivity contribution in [3.8, 4) is 0 Å². The summed E-state index contributed by atoms with van der Waals surface area (Å²) in [6, 6.07) is 12.0. The molecule has 1 aromatic heterocycles. The second kappa shape index (κ2) is 7.33. The average Bonchev–Trinajstić information content (AvgIpc) is 2.88. The first kappa shape index (κ1) is 17.6. The van der Waals surface area contributed by atoms with Crippen LogP contribution in [0.4, 0.5) is 0 Å². The summed E-state index contributed by atoms with van der Waals surface area (Å²) in [6.07, 6.45) is 0.152. The molecule has 5 nitrogen and oxygen atoms in total. The molecule has 0 spiro atoms. The van der Waals surface area contributed by atoms with Gasteiger partial charge in [0, 0.05) is 23.0 Å². The highest BCUT2D eigenvalue weighted by Gasteiger charge is 2.14. The van der Waals surface area contributed by atoms with Gasteiger partial charge in [-0.1, -0.05) is 41.4 Å². The lowest BCUT2D eigenvalue weighted by Crippen LogP contribution is -2.28. The number of aryl methyl sites for hydroxylation is 1. The molecule has 1 heterocycles. The molecule has 0 aliphatic rings. The SMILES string of the molecule is CC(NC(=O)CCn1c(=O)oc2ccccc21)c1ccc(Cl)cc1Cl. The monoisotopic (exact) mass is 378 g/mol. The number of aromatic nitrogens is 1. The minimum atomic E-state index is -0.470. The number of nitrogens with one attached hydrogen (secondary N) is 1. The molecule has 3 aromatic rings. The number of para-hydroxylation sites is 2. The normalized spacial score (nSPS) is 12.3. The molecule has 7 heteroatoms. The first-order chi connectivity index (χ1) is 12.0. The highest BCUT2D eigenvalue weighted by atomic mass is 35.5. The molecule has 1 N–H and O–H groups in total. The van der Waals surface area contributed by atoms with Gasteiger partial charge < -0.3 is 9.73 Å². The Bertz CT molecular complexity index is 978. The van der Waals surface area contributed by atoms with Crippen molar-refractivity contribution in [2.75, 3.05) is 0 Å². The van der Waals surface area contributed by atoms with E-state index in [0.29, 0.717) is 21.1 Å². The molecule has 1 amide bonds. The summed E-state index contributed by atoms with van der Waals surface area (Å²) in [5.41, 5.74) is 1.97. The summed E-state index contributed by atoms with van der Waals surface area (Å²) in [5, 5.41) is 3.91. The minimum Gasteiger partial charge on any atom is -0.408 e. The Morgan fingerprint density at radius 1 is 1.24 bits per heavy atom. The molecule has 0 saturated heterocycles. The lowest BCUT2D eigenvalue weighted by molar-refractivity contribution is -0.121. The van der Waals surface area contributed by atoms with Crippen LogP contribution in [0.3, 0.4) is 0 Å². The van der Waals surface area contributed by atoms with Gasteiger partial charge in [0.15, 0.2) is 5.58 Å². The Kier molecular flexibility index (Phi) is 5.16. The van der Waals surface area contributed by atoms with Crippen molar-refractivity contribution >= 4 is 40.2 Å². The van der Waals surface area contributed by atoms with Crippen molar-refractivity contribution in [2.45, 2.75) is 25.9 Å². The number of fused-ring (bicyclic) bond motifs is 1. The van der Waals surface area contributed by atoms with Crippen molar-refractivity contribution < 1.29 is 9.21 Å². The minimum absolute atomic E-state index is 0.152. The van der Waals surface area contributed by atoms with E-state index in [-0.39, 0.29) is 24.9 Å². The van der Waals surface area contributed by atoms with Crippen LogP contribution in [0.2, 0.25) is 10.0 Å². The van der Waals surface area contributed by atoms with E-state index in [0.717, 1.165) is 5.56 Å². The zero-order chi connectivity index (χ0) is 18.0. The number of halogens is 2. The number of carbonyl (C=O) groups is 1. The van der Waals surface area contributed by atoms with Crippen LogP contribution in [0, 0.1) is 0 Å². The molecular weight excluding hydrogens is 363 g/mol. The van der Waals surface area contributed by atoms with Crippen LogP contribution in [0.25, 0.3) is 11.1 Å². The van der Waals surface area contributed by atoms with Gasteiger partial charge in [0.05, 0.1) is 11.6 Å². The third kappa shape index (κ3) is 3.89. The summed E-state index contributed by atoms with van der Waals surface area (Å²) >= 11 is 12.0. The Morgan fingerprint density at radius 3 is 2.76 bits per heavy atom. The summed E-state index contributed by atoms with van der Waals surface area (Å²) in [7, 11) is 0. The lowest BCUT2D eigenvalue weighted by Gasteiger charge is -2.16. The van der Waals surface area contributed by atoms with Crippen molar-refractivity contribution in [2.24, 2.45) is 0 Å². The second-order valence-electron chi connectivity index (χ2n) is 5.69. The smallest absolute Gasteiger partial charge is 0.408 e. The second-order valence-corrected chi connectivity index (χ2v) is 6.54. The van der Waals surface area contributed by atoms with Crippen LogP contribution in [0.5, 0.6) is 0 Å². The van der Waals surface area contributed by atoms with Gasteiger partial charge in [-0.2, -0.15) is 0 Å². The van der Waals surface area contributed by atoms with E-state index in [9.17, 15) is 9.59 Å². The molecule has 0 saturated carbocycles. The fourth-order valence-corrected chi connectivity index (χ4v) is 3.26. The number of amides is 1. The maximum atomic E-state index is 12.2. The fourth-order valence-electron chi connectivity index (χ4n) is 2.68. The van der Waals surface area contributed by atoms with E-state index in [1.54, 1.807) is 36.4 Å². The summed E-state index contributed by atoms with van der Waals surface area (Å²) in [4.78, 5) is 24.1. The summed E-state index contributed by atoms with van der Waals surface area (Å²) in [5.74, 6) is -0.654. The average molecular weight is 379 g/mol. The van der Waals surface area contributed by atoms with Crippen LogP contribution >= 0.6 is 23.2 Å². The third-order valence-corrected chi connectivity index (χ3v) is 4.51. The molecule has 2 aromatic carbocycles. The molecule has 0 bridgehead atoms. The van der Waals surface area contributed by atoms with Gasteiger partial charge in [-0.25, -0.2) is 4.79 Å². The Balaban J connectivity index is 1.66. The number of carbonyl (C=O) groups excluding carboxylic acids is 1. The van der Waals surface area contributed by atoms with E-state index >= 15 is 0 Å². The zero-order valence-electron chi connectivity index (χ0n) is 13.5. The van der Waals surface area contributed by atoms with Gasteiger partial charge in [0.2, 0.25) is 5.91 Å². The van der Waals surface area contributed by atoms with Gasteiger partial charge in [0.25, 0.3) is 0 Å². The Morgan fingerprint density at radius 2 is 2.00 bits per heavy atom. The molecule has 0 radical (unpaired) electrons. The van der Waals surface area contributed by atoms with E-state index in [2.05, 4.69) is 5.32 Å². The molecule has 130 valence electrons. The number of nitrogens with zero attached hydrogens (tertiary/aromatic N) is 1. The van der Waals surface area contributed by atoms with Crippen LogP contribution in [0.15, 0.2) is 51.7 Å². The lowest BCUT2D eigenvalue weighted by atomic mass is 10.1.